The molecule has 1 aromatic rings. The highest BCUT2D eigenvalue weighted by Crippen LogP contribution is 2.21. The molecule has 0 saturated carbocycles. The molecule has 0 aliphatic carbocycles. The quantitative estimate of drug-likeness (QED) is 0.778. The fourth-order valence-corrected chi connectivity index (χ4v) is 1.53. The van der Waals surface area contributed by atoms with Gasteiger partial charge in [0.1, 0.15) is 18.0 Å². The molecular weight excluding hydrogens is 253 g/mol. The summed E-state index contributed by atoms with van der Waals surface area (Å²) in [5.41, 5.74) is -0.0656. The first-order valence-electron chi connectivity index (χ1n) is 5.70. The maximum absolute atomic E-state index is 13.4. The minimum atomic E-state index is -1.42. The fourth-order valence-electron chi connectivity index (χ4n) is 1.53. The highest BCUT2D eigenvalue weighted by atomic mass is 19.1. The van der Waals surface area contributed by atoms with Gasteiger partial charge < -0.3 is 14.9 Å². The van der Waals surface area contributed by atoms with Crippen LogP contribution in [0.5, 0.6) is 0 Å². The second kappa shape index (κ2) is 6.83. The van der Waals surface area contributed by atoms with Gasteiger partial charge in [-0.3, -0.25) is 4.79 Å². The zero-order chi connectivity index (χ0) is 14.4. The number of nitrogens with zero attached hydrogens (tertiary/aromatic N) is 1. The number of benzene rings is 1. The molecule has 0 amide bonds. The van der Waals surface area contributed by atoms with Crippen molar-refractivity contribution in [2.24, 2.45) is 0 Å². The van der Waals surface area contributed by atoms with E-state index >= 15 is 0 Å². The van der Waals surface area contributed by atoms with Crippen molar-refractivity contribution in [2.75, 3.05) is 6.61 Å². The van der Waals surface area contributed by atoms with E-state index in [-0.39, 0.29) is 17.7 Å². The number of esters is 1. The van der Waals surface area contributed by atoms with Crippen molar-refractivity contribution in [3.05, 3.63) is 35.1 Å². The Morgan fingerprint density at radius 1 is 1.53 bits per heavy atom. The molecule has 6 heteroatoms. The summed E-state index contributed by atoms with van der Waals surface area (Å²) in [6.45, 7) is 1.80. The van der Waals surface area contributed by atoms with Gasteiger partial charge >= 0.3 is 5.97 Å². The van der Waals surface area contributed by atoms with Crippen molar-refractivity contribution >= 4 is 5.97 Å². The lowest BCUT2D eigenvalue weighted by molar-refractivity contribution is -0.147. The van der Waals surface area contributed by atoms with E-state index in [1.807, 2.05) is 0 Å². The number of carbonyl (C=O) groups is 1. The predicted molar refractivity (Wildman–Crippen MR) is 63.3 cm³/mol. The molecule has 2 unspecified atom stereocenters. The van der Waals surface area contributed by atoms with Gasteiger partial charge in [0.25, 0.3) is 0 Å². The van der Waals surface area contributed by atoms with E-state index in [0.717, 1.165) is 6.07 Å². The molecular formula is C13H14FNO4. The maximum Gasteiger partial charge on any atom is 0.308 e. The van der Waals surface area contributed by atoms with E-state index in [1.165, 1.54) is 12.1 Å². The third kappa shape index (κ3) is 4.02. The minimum absolute atomic E-state index is 0.0910. The third-order valence-corrected chi connectivity index (χ3v) is 2.50. The van der Waals surface area contributed by atoms with Gasteiger partial charge in [-0.2, -0.15) is 5.26 Å². The number of hydrogen-bond donors (Lipinski definition) is 2. The van der Waals surface area contributed by atoms with Crippen LogP contribution in [0.3, 0.4) is 0 Å². The molecule has 19 heavy (non-hydrogen) atoms. The number of aliphatic hydroxyl groups excluding tert-OH is 2. The first kappa shape index (κ1) is 15.1. The molecule has 0 aliphatic rings. The summed E-state index contributed by atoms with van der Waals surface area (Å²) in [5, 5.41) is 28.0. The Labute approximate surface area is 109 Å². The van der Waals surface area contributed by atoms with Gasteiger partial charge in [0, 0.05) is 0 Å². The summed E-state index contributed by atoms with van der Waals surface area (Å²) in [7, 11) is 0. The average Bonchev–Trinajstić information content (AvgIpc) is 2.37. The first-order valence-corrected chi connectivity index (χ1v) is 5.70. The summed E-state index contributed by atoms with van der Waals surface area (Å²) in [4.78, 5) is 11.1. The topological polar surface area (TPSA) is 90.6 Å². The van der Waals surface area contributed by atoms with Crippen LogP contribution in [0, 0.1) is 17.1 Å². The van der Waals surface area contributed by atoms with Crippen LogP contribution >= 0.6 is 0 Å². The number of halogens is 1. The lowest BCUT2D eigenvalue weighted by Crippen LogP contribution is -2.23. The zero-order valence-corrected chi connectivity index (χ0v) is 10.3. The first-order chi connectivity index (χ1) is 8.99. The van der Waals surface area contributed by atoms with Gasteiger partial charge in [-0.1, -0.05) is 6.07 Å². The van der Waals surface area contributed by atoms with E-state index < -0.39 is 30.4 Å². The Hall–Kier alpha value is -1.97. The Morgan fingerprint density at radius 2 is 2.21 bits per heavy atom. The van der Waals surface area contributed by atoms with Crippen LogP contribution in [0.25, 0.3) is 0 Å². The highest BCUT2D eigenvalue weighted by molar-refractivity contribution is 5.70. The molecule has 0 aliphatic heterocycles. The van der Waals surface area contributed by atoms with Crippen LogP contribution in [0.4, 0.5) is 4.39 Å². The second-order valence-corrected chi connectivity index (χ2v) is 3.87. The van der Waals surface area contributed by atoms with Crippen LogP contribution in [0.1, 0.15) is 30.6 Å². The maximum atomic E-state index is 13.4. The molecule has 0 aromatic heterocycles. The lowest BCUT2D eigenvalue weighted by Gasteiger charge is -2.17. The van der Waals surface area contributed by atoms with Gasteiger partial charge in [-0.25, -0.2) is 4.39 Å². The van der Waals surface area contributed by atoms with E-state index in [0.29, 0.717) is 0 Å². The minimum Gasteiger partial charge on any atom is -0.466 e. The van der Waals surface area contributed by atoms with Crippen LogP contribution in [0.2, 0.25) is 0 Å². The largest absolute Gasteiger partial charge is 0.466 e. The monoisotopic (exact) mass is 267 g/mol. The molecule has 2 atom stereocenters. The van der Waals surface area contributed by atoms with Crippen LogP contribution in [-0.2, 0) is 9.53 Å². The molecule has 0 saturated heterocycles. The van der Waals surface area contributed by atoms with Crippen LogP contribution in [0.15, 0.2) is 18.2 Å². The van der Waals surface area contributed by atoms with Crippen molar-refractivity contribution in [1.29, 1.82) is 5.26 Å². The van der Waals surface area contributed by atoms with Crippen molar-refractivity contribution in [2.45, 2.75) is 25.6 Å². The van der Waals surface area contributed by atoms with Crippen LogP contribution in [-0.4, -0.2) is 28.9 Å². The Balaban J connectivity index is 2.77. The van der Waals surface area contributed by atoms with E-state index in [1.54, 1.807) is 13.0 Å². The van der Waals surface area contributed by atoms with Gasteiger partial charge in [0.2, 0.25) is 0 Å². The molecule has 2 N–H and O–H groups in total. The van der Waals surface area contributed by atoms with Crippen molar-refractivity contribution in [1.82, 2.24) is 0 Å². The number of nitriles is 1. The molecule has 0 radical (unpaired) electrons. The van der Waals surface area contributed by atoms with Crippen LogP contribution < -0.4 is 0 Å². The van der Waals surface area contributed by atoms with Gasteiger partial charge in [-0.15, -0.1) is 0 Å². The molecule has 0 fully saturated rings. The second-order valence-electron chi connectivity index (χ2n) is 3.87. The van der Waals surface area contributed by atoms with Gasteiger partial charge in [0.15, 0.2) is 0 Å². The summed E-state index contributed by atoms with van der Waals surface area (Å²) >= 11 is 0. The number of rotatable bonds is 5. The zero-order valence-electron chi connectivity index (χ0n) is 10.3. The highest BCUT2D eigenvalue weighted by Gasteiger charge is 2.22. The third-order valence-electron chi connectivity index (χ3n) is 2.50. The van der Waals surface area contributed by atoms with E-state index in [9.17, 15) is 19.4 Å². The lowest BCUT2D eigenvalue weighted by atomic mass is 10.0. The number of carbonyl (C=O) groups excluding carboxylic acids is 1. The number of aliphatic hydroxyl groups is 2. The van der Waals surface area contributed by atoms with Crippen molar-refractivity contribution in [3.8, 4) is 6.07 Å². The summed E-state index contributed by atoms with van der Waals surface area (Å²) in [6.07, 6.45) is -3.21. The average molecular weight is 267 g/mol. The van der Waals surface area contributed by atoms with Gasteiger partial charge in [0.05, 0.1) is 24.7 Å². The summed E-state index contributed by atoms with van der Waals surface area (Å²) in [5.74, 6) is -1.44. The molecule has 1 rings (SSSR count). The molecule has 0 bridgehead atoms. The normalized spacial score (nSPS) is 13.4. The number of hydrogen-bond acceptors (Lipinski definition) is 5. The number of ether oxygens (including phenoxy) is 1. The van der Waals surface area contributed by atoms with E-state index in [4.69, 9.17) is 5.26 Å². The molecule has 0 heterocycles. The predicted octanol–water partition coefficient (Wildman–Crippen LogP) is 1.04. The Kier molecular flexibility index (Phi) is 5.42. The van der Waals surface area contributed by atoms with E-state index in [2.05, 4.69) is 4.74 Å². The Morgan fingerprint density at radius 3 is 2.74 bits per heavy atom. The van der Waals surface area contributed by atoms with Crippen molar-refractivity contribution in [3.63, 3.8) is 0 Å². The smallest absolute Gasteiger partial charge is 0.308 e. The molecule has 102 valence electrons. The molecule has 1 aromatic carbocycles. The molecule has 5 nitrogen and oxygen atoms in total. The Bertz CT molecular complexity index is 498. The molecule has 0 spiro atoms. The van der Waals surface area contributed by atoms with Crippen molar-refractivity contribution < 1.29 is 24.1 Å². The summed E-state index contributed by atoms with van der Waals surface area (Å²) < 4.78 is 18.0. The summed E-state index contributed by atoms with van der Waals surface area (Å²) in [6, 6.07) is 5.12. The SMILES string of the molecule is CCOC(=O)CC(O)C(O)c1ccc(C#N)c(F)c1. The van der Waals surface area contributed by atoms with Gasteiger partial charge in [-0.05, 0) is 24.6 Å². The standard InChI is InChI=1S/C13H14FNO4/c1-2-19-12(17)6-11(16)13(18)8-3-4-9(7-15)10(14)5-8/h3-5,11,13,16,18H,2,6H2,1H3. The fraction of sp³-hybridized carbons (Fsp3) is 0.385.